The maximum Gasteiger partial charge on any atom is 0.387 e. The molecule has 1 aromatic heterocycles. The summed E-state index contributed by atoms with van der Waals surface area (Å²) in [6.07, 6.45) is 0. The second kappa shape index (κ2) is 10.4. The van der Waals surface area contributed by atoms with Crippen LogP contribution < -0.4 is 9.47 Å². The number of aromatic nitrogens is 1. The molecule has 0 aliphatic carbocycles. The van der Waals surface area contributed by atoms with E-state index in [1.807, 2.05) is 23.6 Å². The van der Waals surface area contributed by atoms with Gasteiger partial charge in [-0.25, -0.2) is 4.98 Å². The predicted molar refractivity (Wildman–Crippen MR) is 114 cm³/mol. The third-order valence-corrected chi connectivity index (χ3v) is 5.93. The number of benzene rings is 2. The summed E-state index contributed by atoms with van der Waals surface area (Å²) < 4.78 is 34.9. The number of methoxy groups -OCH3 is 1. The second-order valence-electron chi connectivity index (χ2n) is 6.29. The van der Waals surface area contributed by atoms with Crippen LogP contribution in [0.25, 0.3) is 0 Å². The van der Waals surface area contributed by atoms with E-state index >= 15 is 0 Å². The summed E-state index contributed by atoms with van der Waals surface area (Å²) >= 11 is 3.08. The van der Waals surface area contributed by atoms with Gasteiger partial charge in [0.1, 0.15) is 0 Å². The molecule has 0 N–H and O–H groups in total. The molecule has 3 aromatic rings. The van der Waals surface area contributed by atoms with Crippen LogP contribution in [0.1, 0.15) is 21.6 Å². The van der Waals surface area contributed by atoms with Crippen molar-refractivity contribution in [2.24, 2.45) is 0 Å². The lowest BCUT2D eigenvalue weighted by atomic mass is 10.1. The fourth-order valence-electron chi connectivity index (χ4n) is 2.79. The molecule has 0 saturated carbocycles. The Kier molecular flexibility index (Phi) is 7.64. The minimum Gasteiger partial charge on any atom is -0.493 e. The topological polar surface area (TPSA) is 51.7 Å². The Balaban J connectivity index is 1.73. The van der Waals surface area contributed by atoms with Crippen LogP contribution in [0, 0.1) is 0 Å². The Morgan fingerprint density at radius 2 is 2.03 bits per heavy atom. The molecule has 0 radical (unpaired) electrons. The van der Waals surface area contributed by atoms with Gasteiger partial charge in [0.25, 0.3) is 5.91 Å². The molecule has 5 nitrogen and oxygen atoms in total. The number of alkyl halides is 2. The van der Waals surface area contributed by atoms with E-state index in [4.69, 9.17) is 4.74 Å². The fourth-order valence-corrected chi connectivity index (χ4v) is 4.40. The first-order valence-electron chi connectivity index (χ1n) is 8.94. The standard InChI is InChI=1S/C21H20F2N2O3S2/c1-25(10-14-7-8-17(27-2)18(9-14)28-21(22)23)20(26)16-5-3-4-6-19(16)30-12-15-11-29-13-24-15/h3-9,11,13,21H,10,12H2,1-2H3. The lowest BCUT2D eigenvalue weighted by molar-refractivity contribution is -0.0512. The van der Waals surface area contributed by atoms with Crippen LogP contribution in [-0.2, 0) is 12.3 Å². The van der Waals surface area contributed by atoms with Crippen LogP contribution in [0.4, 0.5) is 8.78 Å². The number of carbonyl (C=O) groups excluding carboxylic acids is 1. The summed E-state index contributed by atoms with van der Waals surface area (Å²) in [5.41, 5.74) is 3.97. The molecule has 1 heterocycles. The largest absolute Gasteiger partial charge is 0.493 e. The number of nitrogens with zero attached hydrogens (tertiary/aromatic N) is 2. The first-order valence-corrected chi connectivity index (χ1v) is 10.9. The highest BCUT2D eigenvalue weighted by Gasteiger charge is 2.18. The molecule has 0 aliphatic heterocycles. The van der Waals surface area contributed by atoms with Crippen molar-refractivity contribution >= 4 is 29.0 Å². The second-order valence-corrected chi connectivity index (χ2v) is 8.03. The zero-order chi connectivity index (χ0) is 21.5. The SMILES string of the molecule is COc1ccc(CN(C)C(=O)c2ccccc2SCc2cscn2)cc1OC(F)F. The summed E-state index contributed by atoms with van der Waals surface area (Å²) in [7, 11) is 3.05. The van der Waals surface area contributed by atoms with E-state index in [9.17, 15) is 13.6 Å². The molecule has 158 valence electrons. The number of thiazole rings is 1. The van der Waals surface area contributed by atoms with Crippen LogP contribution in [-0.4, -0.2) is 36.6 Å². The van der Waals surface area contributed by atoms with E-state index in [2.05, 4.69) is 9.72 Å². The molecular formula is C21H20F2N2O3S2. The number of amides is 1. The molecule has 0 atom stereocenters. The van der Waals surface area contributed by atoms with Crippen LogP contribution in [0.15, 0.2) is 58.3 Å². The zero-order valence-electron chi connectivity index (χ0n) is 16.4. The lowest BCUT2D eigenvalue weighted by Gasteiger charge is -2.20. The van der Waals surface area contributed by atoms with Crippen molar-refractivity contribution < 1.29 is 23.0 Å². The molecular weight excluding hydrogens is 430 g/mol. The number of carbonyl (C=O) groups is 1. The molecule has 0 spiro atoms. The maximum atomic E-state index is 13.0. The van der Waals surface area contributed by atoms with Crippen molar-refractivity contribution in [1.82, 2.24) is 9.88 Å². The van der Waals surface area contributed by atoms with E-state index in [-0.39, 0.29) is 24.0 Å². The van der Waals surface area contributed by atoms with Gasteiger partial charge < -0.3 is 14.4 Å². The fraction of sp³-hybridized carbons (Fsp3) is 0.238. The number of thioether (sulfide) groups is 1. The van der Waals surface area contributed by atoms with Crippen LogP contribution in [0.2, 0.25) is 0 Å². The number of hydrogen-bond donors (Lipinski definition) is 0. The molecule has 30 heavy (non-hydrogen) atoms. The molecule has 3 rings (SSSR count). The molecule has 0 bridgehead atoms. The minimum atomic E-state index is -2.96. The van der Waals surface area contributed by atoms with E-state index < -0.39 is 6.61 Å². The van der Waals surface area contributed by atoms with E-state index in [1.54, 1.807) is 42.5 Å². The van der Waals surface area contributed by atoms with Gasteiger partial charge in [0, 0.05) is 29.6 Å². The van der Waals surface area contributed by atoms with Crippen molar-refractivity contribution in [3.63, 3.8) is 0 Å². The van der Waals surface area contributed by atoms with Crippen molar-refractivity contribution in [2.45, 2.75) is 23.8 Å². The Morgan fingerprint density at radius 1 is 1.23 bits per heavy atom. The molecule has 0 aliphatic rings. The minimum absolute atomic E-state index is 0.0648. The Labute approximate surface area is 181 Å². The molecule has 0 unspecified atom stereocenters. The first-order chi connectivity index (χ1) is 14.5. The zero-order valence-corrected chi connectivity index (χ0v) is 18.0. The average molecular weight is 451 g/mol. The number of halogens is 2. The number of rotatable bonds is 9. The normalized spacial score (nSPS) is 10.8. The molecule has 0 saturated heterocycles. The van der Waals surface area contributed by atoms with Gasteiger partial charge in [0.05, 0.1) is 23.9 Å². The molecule has 1 amide bonds. The Morgan fingerprint density at radius 3 is 2.73 bits per heavy atom. The quantitative estimate of drug-likeness (QED) is 0.413. The van der Waals surface area contributed by atoms with Gasteiger partial charge in [-0.1, -0.05) is 18.2 Å². The Hall–Kier alpha value is -2.65. The monoisotopic (exact) mass is 450 g/mol. The molecule has 0 fully saturated rings. The highest BCUT2D eigenvalue weighted by Crippen LogP contribution is 2.31. The van der Waals surface area contributed by atoms with Gasteiger partial charge in [-0.2, -0.15) is 8.78 Å². The molecule has 9 heteroatoms. The summed E-state index contributed by atoms with van der Waals surface area (Å²) in [5, 5.41) is 1.98. The van der Waals surface area contributed by atoms with Crippen molar-refractivity contribution in [1.29, 1.82) is 0 Å². The van der Waals surface area contributed by atoms with Gasteiger partial charge in [-0.05, 0) is 29.8 Å². The van der Waals surface area contributed by atoms with Gasteiger partial charge in [-0.3, -0.25) is 4.79 Å². The van der Waals surface area contributed by atoms with Crippen molar-refractivity contribution in [3.8, 4) is 11.5 Å². The van der Waals surface area contributed by atoms with Crippen LogP contribution >= 0.6 is 23.1 Å². The van der Waals surface area contributed by atoms with Gasteiger partial charge >= 0.3 is 6.61 Å². The summed E-state index contributed by atoms with van der Waals surface area (Å²) in [6.45, 7) is -2.73. The van der Waals surface area contributed by atoms with Crippen LogP contribution in [0.3, 0.4) is 0 Å². The number of hydrogen-bond acceptors (Lipinski definition) is 6. The van der Waals surface area contributed by atoms with Crippen molar-refractivity contribution in [3.05, 3.63) is 70.2 Å². The third kappa shape index (κ3) is 5.70. The van der Waals surface area contributed by atoms with E-state index in [0.29, 0.717) is 16.9 Å². The predicted octanol–water partition coefficient (Wildman–Crippen LogP) is 5.32. The first kappa shape index (κ1) is 22.0. The summed E-state index contributed by atoms with van der Waals surface area (Å²) in [6, 6.07) is 12.1. The van der Waals surface area contributed by atoms with E-state index in [0.717, 1.165) is 10.6 Å². The molecule has 2 aromatic carbocycles. The Bertz CT molecular complexity index is 984. The maximum absolute atomic E-state index is 13.0. The third-order valence-electron chi connectivity index (χ3n) is 4.19. The number of ether oxygens (including phenoxy) is 2. The van der Waals surface area contributed by atoms with Crippen molar-refractivity contribution in [2.75, 3.05) is 14.2 Å². The van der Waals surface area contributed by atoms with E-state index in [1.165, 1.54) is 29.4 Å². The van der Waals surface area contributed by atoms with Crippen LogP contribution in [0.5, 0.6) is 11.5 Å². The van der Waals surface area contributed by atoms with Gasteiger partial charge in [0.15, 0.2) is 11.5 Å². The average Bonchev–Trinajstić information content (AvgIpc) is 3.25. The summed E-state index contributed by atoms with van der Waals surface area (Å²) in [5.74, 6) is 0.648. The smallest absolute Gasteiger partial charge is 0.387 e. The van der Waals surface area contributed by atoms with Gasteiger partial charge in [-0.15, -0.1) is 23.1 Å². The highest BCUT2D eigenvalue weighted by molar-refractivity contribution is 7.98. The lowest BCUT2D eigenvalue weighted by Crippen LogP contribution is -2.26. The van der Waals surface area contributed by atoms with Gasteiger partial charge in [0.2, 0.25) is 0 Å². The highest BCUT2D eigenvalue weighted by atomic mass is 32.2. The summed E-state index contributed by atoms with van der Waals surface area (Å²) in [4.78, 5) is 19.7.